The Morgan fingerprint density at radius 1 is 1.00 bits per heavy atom. The molecule has 0 bridgehead atoms. The summed E-state index contributed by atoms with van der Waals surface area (Å²) in [7, 11) is 0. The molecule has 1 aromatic heterocycles. The first-order valence-corrected chi connectivity index (χ1v) is 5.79. The monoisotopic (exact) mass is 239 g/mol. The second kappa shape index (κ2) is 3.84. The number of carbonyl (C=O) groups excluding carboxylic acids is 1. The fourth-order valence-electron chi connectivity index (χ4n) is 2.04. The first-order valence-electron chi connectivity index (χ1n) is 5.79. The minimum absolute atomic E-state index is 0.108. The molecule has 1 aromatic carbocycles. The van der Waals surface area contributed by atoms with E-state index in [0.717, 1.165) is 16.8 Å². The van der Waals surface area contributed by atoms with Gasteiger partial charge in [0.05, 0.1) is 16.9 Å². The summed E-state index contributed by atoms with van der Waals surface area (Å²) in [6.45, 7) is 3.94. The Bertz CT molecular complexity index is 649. The summed E-state index contributed by atoms with van der Waals surface area (Å²) < 4.78 is 0. The molecular formula is C14H13N3O. The zero-order valence-electron chi connectivity index (χ0n) is 10.2. The number of nitrogens with one attached hydrogen (secondary N) is 2. The number of aryl methyl sites for hydroxylation is 2. The number of amides is 1. The number of nitrogens with zero attached hydrogens (tertiary/aromatic N) is 1. The van der Waals surface area contributed by atoms with Crippen molar-refractivity contribution in [3.63, 3.8) is 0 Å². The highest BCUT2D eigenvalue weighted by Gasteiger charge is 2.19. The Balaban J connectivity index is 2.17. The van der Waals surface area contributed by atoms with Gasteiger partial charge in [-0.25, -0.2) is 4.98 Å². The molecule has 1 aliphatic rings. The van der Waals surface area contributed by atoms with Crippen LogP contribution in [-0.2, 0) is 0 Å². The van der Waals surface area contributed by atoms with Crippen LogP contribution in [0.2, 0.25) is 0 Å². The summed E-state index contributed by atoms with van der Waals surface area (Å²) in [5.41, 5.74) is 4.26. The number of aromatic nitrogens is 1. The molecule has 2 heterocycles. The van der Waals surface area contributed by atoms with Gasteiger partial charge in [-0.15, -0.1) is 0 Å². The van der Waals surface area contributed by atoms with E-state index in [1.807, 2.05) is 38.1 Å². The van der Waals surface area contributed by atoms with Gasteiger partial charge in [0.1, 0.15) is 0 Å². The molecule has 0 unspecified atom stereocenters. The maximum Gasteiger partial charge on any atom is 0.257 e. The van der Waals surface area contributed by atoms with Gasteiger partial charge in [0.2, 0.25) is 0 Å². The van der Waals surface area contributed by atoms with Crippen LogP contribution in [0.1, 0.15) is 21.5 Å². The van der Waals surface area contributed by atoms with Crippen molar-refractivity contribution >= 4 is 23.1 Å². The molecule has 2 N–H and O–H groups in total. The molecule has 0 saturated heterocycles. The Labute approximate surface area is 105 Å². The van der Waals surface area contributed by atoms with E-state index >= 15 is 0 Å². The molecule has 0 spiro atoms. The number of benzene rings is 1. The smallest absolute Gasteiger partial charge is 0.257 e. The Morgan fingerprint density at radius 2 is 1.78 bits per heavy atom. The van der Waals surface area contributed by atoms with Crippen molar-refractivity contribution in [3.05, 3.63) is 47.2 Å². The number of hydrogen-bond donors (Lipinski definition) is 2. The van der Waals surface area contributed by atoms with E-state index in [4.69, 9.17) is 0 Å². The van der Waals surface area contributed by atoms with Gasteiger partial charge in [0.25, 0.3) is 5.91 Å². The Morgan fingerprint density at radius 3 is 2.61 bits per heavy atom. The van der Waals surface area contributed by atoms with Crippen LogP contribution in [0.5, 0.6) is 0 Å². The van der Waals surface area contributed by atoms with Crippen molar-refractivity contribution in [3.8, 4) is 0 Å². The Hall–Kier alpha value is -2.36. The van der Waals surface area contributed by atoms with Crippen molar-refractivity contribution in [2.75, 3.05) is 10.6 Å². The average Bonchev–Trinajstić information content (AvgIpc) is 2.44. The normalized spacial score (nSPS) is 12.9. The van der Waals surface area contributed by atoms with Crippen molar-refractivity contribution in [1.29, 1.82) is 0 Å². The quantitative estimate of drug-likeness (QED) is 0.743. The van der Waals surface area contributed by atoms with E-state index in [-0.39, 0.29) is 5.91 Å². The topological polar surface area (TPSA) is 54.0 Å². The standard InChI is InChI=1S/C14H13N3O/c1-8-3-4-10-11(5-8)16-13-12(17-14(10)18)6-9(2)7-15-13/h3-7H,1-2H3,(H,15,16)(H,17,18). The molecule has 4 heteroatoms. The highest BCUT2D eigenvalue weighted by atomic mass is 16.1. The van der Waals surface area contributed by atoms with Gasteiger partial charge in [0.15, 0.2) is 5.82 Å². The zero-order valence-corrected chi connectivity index (χ0v) is 10.2. The third kappa shape index (κ3) is 1.72. The summed E-state index contributed by atoms with van der Waals surface area (Å²) in [5, 5.41) is 6.08. The van der Waals surface area contributed by atoms with E-state index in [0.29, 0.717) is 17.1 Å². The van der Waals surface area contributed by atoms with E-state index in [2.05, 4.69) is 15.6 Å². The number of pyridine rings is 1. The maximum absolute atomic E-state index is 12.1. The van der Waals surface area contributed by atoms with Gasteiger partial charge in [-0.2, -0.15) is 0 Å². The summed E-state index contributed by atoms with van der Waals surface area (Å²) in [6.07, 6.45) is 1.78. The molecule has 0 aliphatic carbocycles. The minimum Gasteiger partial charge on any atom is -0.338 e. The SMILES string of the molecule is Cc1ccc2c(c1)Nc1ncc(C)cc1NC2=O. The molecule has 3 rings (SSSR count). The van der Waals surface area contributed by atoms with Gasteiger partial charge in [-0.1, -0.05) is 6.07 Å². The van der Waals surface area contributed by atoms with Gasteiger partial charge >= 0.3 is 0 Å². The molecule has 0 atom stereocenters. The maximum atomic E-state index is 12.1. The molecule has 0 fully saturated rings. The van der Waals surface area contributed by atoms with Crippen molar-refractivity contribution in [1.82, 2.24) is 4.98 Å². The molecule has 18 heavy (non-hydrogen) atoms. The largest absolute Gasteiger partial charge is 0.338 e. The van der Waals surface area contributed by atoms with Gasteiger partial charge in [-0.05, 0) is 43.2 Å². The number of rotatable bonds is 0. The van der Waals surface area contributed by atoms with E-state index < -0.39 is 0 Å². The molecule has 2 aromatic rings. The predicted octanol–water partition coefficient (Wildman–Crippen LogP) is 3.01. The van der Waals surface area contributed by atoms with Crippen LogP contribution >= 0.6 is 0 Å². The lowest BCUT2D eigenvalue weighted by molar-refractivity contribution is 0.102. The Kier molecular flexibility index (Phi) is 2.30. The summed E-state index contributed by atoms with van der Waals surface area (Å²) in [5.74, 6) is 0.571. The zero-order chi connectivity index (χ0) is 12.7. The molecule has 1 aliphatic heterocycles. The number of carbonyl (C=O) groups is 1. The lowest BCUT2D eigenvalue weighted by Gasteiger charge is -2.08. The summed E-state index contributed by atoms with van der Waals surface area (Å²) >= 11 is 0. The second-order valence-corrected chi connectivity index (χ2v) is 4.54. The number of anilines is 3. The molecule has 1 amide bonds. The highest BCUT2D eigenvalue weighted by Crippen LogP contribution is 2.31. The lowest BCUT2D eigenvalue weighted by Crippen LogP contribution is -2.10. The van der Waals surface area contributed by atoms with E-state index in [9.17, 15) is 4.79 Å². The average molecular weight is 239 g/mol. The van der Waals surface area contributed by atoms with Gasteiger partial charge in [-0.3, -0.25) is 4.79 Å². The lowest BCUT2D eigenvalue weighted by atomic mass is 10.1. The second-order valence-electron chi connectivity index (χ2n) is 4.54. The van der Waals surface area contributed by atoms with Crippen LogP contribution in [0, 0.1) is 13.8 Å². The molecule has 0 saturated carbocycles. The fourth-order valence-corrected chi connectivity index (χ4v) is 2.04. The predicted molar refractivity (Wildman–Crippen MR) is 71.4 cm³/mol. The molecule has 4 nitrogen and oxygen atoms in total. The van der Waals surface area contributed by atoms with Crippen LogP contribution in [0.15, 0.2) is 30.5 Å². The van der Waals surface area contributed by atoms with Crippen LogP contribution < -0.4 is 10.6 Å². The van der Waals surface area contributed by atoms with E-state index in [1.165, 1.54) is 0 Å². The summed E-state index contributed by atoms with van der Waals surface area (Å²) in [6, 6.07) is 7.61. The third-order valence-electron chi connectivity index (χ3n) is 2.95. The number of hydrogen-bond acceptors (Lipinski definition) is 3. The molecule has 90 valence electrons. The van der Waals surface area contributed by atoms with Crippen LogP contribution in [0.3, 0.4) is 0 Å². The number of fused-ring (bicyclic) bond motifs is 2. The van der Waals surface area contributed by atoms with Crippen LogP contribution in [0.25, 0.3) is 0 Å². The van der Waals surface area contributed by atoms with Crippen molar-refractivity contribution in [2.24, 2.45) is 0 Å². The first-order chi connectivity index (χ1) is 8.63. The van der Waals surface area contributed by atoms with Gasteiger partial charge in [0, 0.05) is 6.20 Å². The van der Waals surface area contributed by atoms with E-state index in [1.54, 1.807) is 6.20 Å². The van der Waals surface area contributed by atoms with Gasteiger partial charge < -0.3 is 10.6 Å². The fraction of sp³-hybridized carbons (Fsp3) is 0.143. The minimum atomic E-state index is -0.108. The molecule has 0 radical (unpaired) electrons. The summed E-state index contributed by atoms with van der Waals surface area (Å²) in [4.78, 5) is 16.4. The van der Waals surface area contributed by atoms with Crippen LogP contribution in [0.4, 0.5) is 17.2 Å². The highest BCUT2D eigenvalue weighted by molar-refractivity contribution is 6.11. The first kappa shape index (κ1) is 10.8. The molecular weight excluding hydrogens is 226 g/mol. The van der Waals surface area contributed by atoms with Crippen molar-refractivity contribution in [2.45, 2.75) is 13.8 Å². The third-order valence-corrected chi connectivity index (χ3v) is 2.95. The van der Waals surface area contributed by atoms with Crippen LogP contribution in [-0.4, -0.2) is 10.9 Å². The van der Waals surface area contributed by atoms with Crippen molar-refractivity contribution < 1.29 is 4.79 Å².